The number of hydrogen-bond donors (Lipinski definition) is 2. The van der Waals surface area contributed by atoms with E-state index in [9.17, 15) is 25.1 Å². The molecule has 6 rings (SSSR count). The van der Waals surface area contributed by atoms with Crippen LogP contribution >= 0.6 is 11.6 Å². The van der Waals surface area contributed by atoms with E-state index < -0.39 is 18.1 Å². The highest BCUT2D eigenvalue weighted by molar-refractivity contribution is 6.32. The summed E-state index contributed by atoms with van der Waals surface area (Å²) in [5, 5.41) is 29.3. The number of hydrogen-bond acceptors (Lipinski definition) is 9. The molecular formula is C41H43ClN4O7. The molecule has 2 atom stereocenters. The Bertz CT molecular complexity index is 1980. The molecule has 3 heterocycles. The van der Waals surface area contributed by atoms with E-state index in [-0.39, 0.29) is 32.1 Å². The Balaban J connectivity index is 1.17. The van der Waals surface area contributed by atoms with E-state index in [0.29, 0.717) is 72.4 Å². The molecule has 0 aliphatic carbocycles. The molecule has 4 aromatic rings. The highest BCUT2D eigenvalue weighted by Crippen LogP contribution is 2.36. The molecule has 3 aromatic carbocycles. The number of amides is 1. The smallest absolute Gasteiger partial charge is 0.320 e. The van der Waals surface area contributed by atoms with Crippen molar-refractivity contribution in [1.82, 2.24) is 14.8 Å². The van der Waals surface area contributed by atoms with Gasteiger partial charge in [-0.25, -0.2) is 0 Å². The maximum atomic E-state index is 12.5. The average molecular weight is 739 g/mol. The predicted octanol–water partition coefficient (Wildman–Crippen LogP) is 6.54. The minimum atomic E-state index is -0.846. The molecule has 53 heavy (non-hydrogen) atoms. The molecule has 0 bridgehead atoms. The number of likely N-dealkylation sites (tertiary alicyclic amines) is 2. The van der Waals surface area contributed by atoms with Crippen molar-refractivity contribution >= 4 is 23.5 Å². The first kappa shape index (κ1) is 37.6. The Morgan fingerprint density at radius 1 is 0.962 bits per heavy atom. The molecule has 0 radical (unpaired) electrons. The number of aliphatic hydroxyl groups is 1. The zero-order chi connectivity index (χ0) is 37.3. The number of piperidine rings is 1. The number of ether oxygens (including phenoxy) is 3. The molecule has 0 spiro atoms. The van der Waals surface area contributed by atoms with Crippen LogP contribution in [0.2, 0.25) is 5.02 Å². The van der Waals surface area contributed by atoms with Gasteiger partial charge in [-0.1, -0.05) is 48.4 Å². The van der Waals surface area contributed by atoms with Crippen molar-refractivity contribution in [3.8, 4) is 34.4 Å². The summed E-state index contributed by atoms with van der Waals surface area (Å²) >= 11 is 6.82. The van der Waals surface area contributed by atoms with E-state index >= 15 is 0 Å². The fourth-order valence-electron chi connectivity index (χ4n) is 6.86. The molecule has 2 N–H and O–H groups in total. The number of benzene rings is 3. The number of aromatic nitrogens is 1. The molecule has 1 aromatic heterocycles. The van der Waals surface area contributed by atoms with Crippen molar-refractivity contribution in [3.63, 3.8) is 0 Å². The lowest BCUT2D eigenvalue weighted by molar-refractivity contribution is -0.144. The number of nitrogens with zero attached hydrogens (tertiary/aromatic N) is 4. The largest absolute Gasteiger partial charge is 0.493 e. The Morgan fingerprint density at radius 2 is 1.79 bits per heavy atom. The van der Waals surface area contributed by atoms with E-state index in [2.05, 4.69) is 11.1 Å². The number of pyridine rings is 1. The zero-order valence-corrected chi connectivity index (χ0v) is 30.4. The van der Waals surface area contributed by atoms with Gasteiger partial charge in [-0.05, 0) is 79.3 Å². The zero-order valence-electron chi connectivity index (χ0n) is 29.7. The van der Waals surface area contributed by atoms with Crippen molar-refractivity contribution in [2.75, 3.05) is 26.2 Å². The molecule has 0 saturated carbocycles. The van der Waals surface area contributed by atoms with Gasteiger partial charge in [-0.3, -0.25) is 19.5 Å². The Morgan fingerprint density at radius 3 is 2.58 bits per heavy atom. The normalized spacial score (nSPS) is 17.3. The van der Waals surface area contributed by atoms with Gasteiger partial charge in [-0.2, -0.15) is 5.26 Å². The molecule has 1 amide bonds. The van der Waals surface area contributed by atoms with Gasteiger partial charge in [0.1, 0.15) is 42.6 Å². The fourth-order valence-corrected chi connectivity index (χ4v) is 7.10. The maximum absolute atomic E-state index is 12.5. The number of carbonyl (C=O) groups excluding carboxylic acids is 1. The third-order valence-corrected chi connectivity index (χ3v) is 10.1. The highest BCUT2D eigenvalue weighted by Gasteiger charge is 2.29. The van der Waals surface area contributed by atoms with Crippen LogP contribution in [0.5, 0.6) is 17.2 Å². The van der Waals surface area contributed by atoms with Crippen molar-refractivity contribution in [2.24, 2.45) is 0 Å². The van der Waals surface area contributed by atoms with Crippen LogP contribution in [0.3, 0.4) is 0 Å². The molecule has 12 heteroatoms. The quantitative estimate of drug-likeness (QED) is 0.146. The molecule has 0 unspecified atom stereocenters. The van der Waals surface area contributed by atoms with Crippen molar-refractivity contribution in [1.29, 1.82) is 5.26 Å². The molecule has 276 valence electrons. The molecule has 11 nitrogen and oxygen atoms in total. The van der Waals surface area contributed by atoms with Crippen molar-refractivity contribution < 1.29 is 34.0 Å². The van der Waals surface area contributed by atoms with E-state index in [1.807, 2.05) is 54.3 Å². The molecule has 2 saturated heterocycles. The van der Waals surface area contributed by atoms with Crippen molar-refractivity contribution in [2.45, 2.75) is 70.9 Å². The number of nitriles is 1. The number of halogens is 1. The average Bonchev–Trinajstić information content (AvgIpc) is 3.61. The SMILES string of the molecule is Cc1c(COc2cc(OCc3cncc(C#N)c3)c(CN3CCCC[C@H]3C(=O)O)cc2Cl)cccc1-c1cccc(OCCC(=O)N2CC[C@@H](O)C2)c1. The first-order valence-electron chi connectivity index (χ1n) is 17.8. The lowest BCUT2D eigenvalue weighted by atomic mass is 9.96. The summed E-state index contributed by atoms with van der Waals surface area (Å²) < 4.78 is 18.6. The number of carbonyl (C=O) groups is 2. The first-order valence-corrected chi connectivity index (χ1v) is 18.2. The van der Waals surface area contributed by atoms with Crippen LogP contribution in [0.4, 0.5) is 0 Å². The van der Waals surface area contributed by atoms with Gasteiger partial charge in [0.25, 0.3) is 0 Å². The van der Waals surface area contributed by atoms with Crippen LogP contribution in [-0.4, -0.2) is 75.3 Å². The van der Waals surface area contributed by atoms with E-state index in [0.717, 1.165) is 40.7 Å². The van der Waals surface area contributed by atoms with Crippen molar-refractivity contribution in [3.05, 3.63) is 106 Å². The summed E-state index contributed by atoms with van der Waals surface area (Å²) in [4.78, 5) is 32.3. The van der Waals surface area contributed by atoms with Crippen LogP contribution in [0.1, 0.15) is 59.9 Å². The van der Waals surface area contributed by atoms with Crippen LogP contribution in [-0.2, 0) is 29.3 Å². The maximum Gasteiger partial charge on any atom is 0.320 e. The Kier molecular flexibility index (Phi) is 12.5. The summed E-state index contributed by atoms with van der Waals surface area (Å²) in [6, 6.07) is 20.5. The minimum absolute atomic E-state index is 0.0221. The van der Waals surface area contributed by atoms with Gasteiger partial charge >= 0.3 is 5.97 Å². The third kappa shape index (κ3) is 9.64. The molecule has 2 aliphatic heterocycles. The molecule has 2 aliphatic rings. The Labute approximate surface area is 314 Å². The summed E-state index contributed by atoms with van der Waals surface area (Å²) in [5.41, 5.74) is 5.81. The second-order valence-corrected chi connectivity index (χ2v) is 13.9. The molecular weight excluding hydrogens is 696 g/mol. The van der Waals surface area contributed by atoms with Crippen LogP contribution in [0.15, 0.2) is 73.1 Å². The summed E-state index contributed by atoms with van der Waals surface area (Å²) in [6.07, 6.45) is 5.88. The number of aliphatic carboxylic acids is 1. The van der Waals surface area contributed by atoms with E-state index in [4.69, 9.17) is 25.8 Å². The topological polar surface area (TPSA) is 145 Å². The highest BCUT2D eigenvalue weighted by atomic mass is 35.5. The standard InChI is InChI=1S/C41H43ClN4O7/c1-27-31(7-5-9-35(27)30-6-4-8-34(17-30)51-15-12-40(48)46-14-11-33(47)24-46)26-53-39-19-38(52-25-29-16-28(20-43)21-44-22-29)32(18-36(39)42)23-45-13-3-2-10-37(45)41(49)50/h4-9,16-19,21-22,33,37,47H,2-3,10-15,23-26H2,1H3,(H,49,50)/t33-,37+/m1/s1. The predicted molar refractivity (Wildman–Crippen MR) is 199 cm³/mol. The van der Waals surface area contributed by atoms with Crippen LogP contribution in [0.25, 0.3) is 11.1 Å². The second kappa shape index (κ2) is 17.6. The van der Waals surface area contributed by atoms with E-state index in [1.165, 1.54) is 6.20 Å². The number of β-amino-alcohol motifs (C(OH)–C–C–N with tert-alkyl or cyclic N) is 1. The number of carboxylic acid groups (broad SMARTS) is 1. The number of rotatable bonds is 14. The monoisotopic (exact) mass is 738 g/mol. The van der Waals surface area contributed by atoms with Gasteiger partial charge < -0.3 is 29.3 Å². The van der Waals surface area contributed by atoms with Crippen LogP contribution < -0.4 is 14.2 Å². The van der Waals surface area contributed by atoms with Gasteiger partial charge in [-0.15, -0.1) is 0 Å². The fraction of sp³-hybridized carbons (Fsp3) is 0.366. The summed E-state index contributed by atoms with van der Waals surface area (Å²) in [7, 11) is 0. The van der Waals surface area contributed by atoms with Gasteiger partial charge in [0, 0.05) is 49.2 Å². The van der Waals surface area contributed by atoms with Gasteiger partial charge in [0.2, 0.25) is 5.91 Å². The lowest BCUT2D eigenvalue weighted by Gasteiger charge is -2.33. The third-order valence-electron chi connectivity index (χ3n) is 9.78. The van der Waals surface area contributed by atoms with Gasteiger partial charge in [0.05, 0.1) is 29.7 Å². The molecule has 2 fully saturated rings. The second-order valence-electron chi connectivity index (χ2n) is 13.5. The lowest BCUT2D eigenvalue weighted by Crippen LogP contribution is -2.44. The number of aliphatic hydroxyl groups excluding tert-OH is 1. The van der Waals surface area contributed by atoms with Gasteiger partial charge in [0.15, 0.2) is 0 Å². The number of carboxylic acids is 1. The van der Waals surface area contributed by atoms with Crippen LogP contribution in [0, 0.1) is 18.3 Å². The van der Waals surface area contributed by atoms with E-state index in [1.54, 1.807) is 29.3 Å². The Hall–Kier alpha value is -5.15. The minimum Gasteiger partial charge on any atom is -0.493 e. The summed E-state index contributed by atoms with van der Waals surface area (Å²) in [6.45, 7) is 4.59. The first-order chi connectivity index (χ1) is 25.7. The summed E-state index contributed by atoms with van der Waals surface area (Å²) in [5.74, 6) is 0.711.